The van der Waals surface area contributed by atoms with Crippen molar-refractivity contribution in [3.63, 3.8) is 0 Å². The highest BCUT2D eigenvalue weighted by molar-refractivity contribution is 7.11. The Morgan fingerprint density at radius 1 is 1.14 bits per heavy atom. The summed E-state index contributed by atoms with van der Waals surface area (Å²) in [6.45, 7) is 9.22. The lowest BCUT2D eigenvalue weighted by Gasteiger charge is -2.20. The van der Waals surface area contributed by atoms with E-state index < -0.39 is 5.91 Å². The van der Waals surface area contributed by atoms with Gasteiger partial charge in [-0.2, -0.15) is 15.0 Å². The lowest BCUT2D eigenvalue weighted by Crippen LogP contribution is -2.29. The molecule has 12 heteroatoms. The van der Waals surface area contributed by atoms with Gasteiger partial charge < -0.3 is 24.8 Å². The second-order valence-electron chi connectivity index (χ2n) is 9.09. The van der Waals surface area contributed by atoms with Crippen LogP contribution in [0.25, 0.3) is 0 Å². The Labute approximate surface area is 212 Å². The van der Waals surface area contributed by atoms with E-state index in [-0.39, 0.29) is 40.5 Å². The van der Waals surface area contributed by atoms with E-state index in [2.05, 4.69) is 52.4 Å². The van der Waals surface area contributed by atoms with Crippen LogP contribution in [0.3, 0.4) is 0 Å². The number of hydrogen-bond acceptors (Lipinski definition) is 9. The fourth-order valence-corrected chi connectivity index (χ4v) is 4.11. The smallest absolute Gasteiger partial charge is 0.324 e. The highest BCUT2D eigenvalue weighted by Gasteiger charge is 2.28. The van der Waals surface area contributed by atoms with Crippen LogP contribution >= 0.6 is 11.3 Å². The minimum atomic E-state index is -0.520. The van der Waals surface area contributed by atoms with Crippen molar-refractivity contribution in [2.75, 3.05) is 37.5 Å². The first-order valence-electron chi connectivity index (χ1n) is 11.2. The van der Waals surface area contributed by atoms with Gasteiger partial charge in [0.05, 0.1) is 14.2 Å². The van der Waals surface area contributed by atoms with Crippen molar-refractivity contribution >= 4 is 34.9 Å². The molecule has 0 aliphatic carbocycles. The van der Waals surface area contributed by atoms with Crippen molar-refractivity contribution in [1.82, 2.24) is 20.3 Å². The third-order valence-corrected chi connectivity index (χ3v) is 6.24. The molecule has 2 N–H and O–H groups in total. The molecule has 0 radical (unpaired) electrons. The second-order valence-corrected chi connectivity index (χ2v) is 9.91. The highest BCUT2D eigenvalue weighted by atomic mass is 32.1. The standard InChI is InChI=1S/C24H28N6O5S/c1-13-7-8-14(24(2,3)4)11-16(13)35-23-26-15(12-36-23)18(31)27-17-19(33-5)28-21(29-20(17)34-6)30-10-9-25-22(30)32/h7-8,11-12H,9-10H2,1-6H3,(H,25,32)(H,27,31). The number of aromatic nitrogens is 3. The number of rotatable bonds is 7. The molecular formula is C24H28N6O5S. The minimum absolute atomic E-state index is 0.0337. The van der Waals surface area contributed by atoms with Crippen LogP contribution in [0.1, 0.15) is 42.4 Å². The molecule has 0 saturated carbocycles. The van der Waals surface area contributed by atoms with Gasteiger partial charge in [-0.25, -0.2) is 4.79 Å². The number of aryl methyl sites for hydroxylation is 1. The van der Waals surface area contributed by atoms with Gasteiger partial charge >= 0.3 is 6.03 Å². The van der Waals surface area contributed by atoms with Crippen LogP contribution in [0.15, 0.2) is 23.6 Å². The van der Waals surface area contributed by atoms with Gasteiger partial charge in [0.2, 0.25) is 17.7 Å². The Kier molecular flexibility index (Phi) is 6.97. The zero-order chi connectivity index (χ0) is 26.0. The lowest BCUT2D eigenvalue weighted by atomic mass is 9.86. The topological polar surface area (TPSA) is 128 Å². The largest absolute Gasteiger partial charge is 0.479 e. The first-order chi connectivity index (χ1) is 17.1. The zero-order valence-electron chi connectivity index (χ0n) is 21.0. The van der Waals surface area contributed by atoms with Crippen molar-refractivity contribution in [3.8, 4) is 22.7 Å². The van der Waals surface area contributed by atoms with Gasteiger partial charge in [-0.3, -0.25) is 9.69 Å². The van der Waals surface area contributed by atoms with E-state index in [0.29, 0.717) is 24.0 Å². The van der Waals surface area contributed by atoms with Gasteiger partial charge in [-0.1, -0.05) is 44.2 Å². The molecule has 1 fully saturated rings. The molecule has 190 valence electrons. The highest BCUT2D eigenvalue weighted by Crippen LogP contribution is 2.35. The molecule has 3 amide bonds. The summed E-state index contributed by atoms with van der Waals surface area (Å²) in [6.07, 6.45) is 0. The van der Waals surface area contributed by atoms with E-state index in [1.54, 1.807) is 5.38 Å². The van der Waals surface area contributed by atoms with Gasteiger partial charge in [-0.15, -0.1) is 0 Å². The number of hydrogen-bond donors (Lipinski definition) is 2. The van der Waals surface area contributed by atoms with Crippen LogP contribution in [-0.2, 0) is 5.41 Å². The number of thiazole rings is 1. The Morgan fingerprint density at radius 3 is 2.42 bits per heavy atom. The fourth-order valence-electron chi connectivity index (χ4n) is 3.45. The molecule has 11 nitrogen and oxygen atoms in total. The summed E-state index contributed by atoms with van der Waals surface area (Å²) in [5.41, 5.74) is 2.33. The average molecular weight is 513 g/mol. The SMILES string of the molecule is COc1nc(N2CCNC2=O)nc(OC)c1NC(=O)c1csc(Oc2cc(C(C)(C)C)ccc2C)n1. The third-order valence-electron chi connectivity index (χ3n) is 5.52. The molecule has 1 aliphatic rings. The fraction of sp³-hybridized carbons (Fsp3) is 0.375. The van der Waals surface area contributed by atoms with Gasteiger partial charge in [0.1, 0.15) is 11.4 Å². The van der Waals surface area contributed by atoms with Crippen LogP contribution in [0.5, 0.6) is 22.7 Å². The van der Waals surface area contributed by atoms with Crippen LogP contribution in [-0.4, -0.2) is 54.2 Å². The number of amides is 3. The van der Waals surface area contributed by atoms with Crippen LogP contribution in [0, 0.1) is 6.92 Å². The number of benzene rings is 1. The maximum absolute atomic E-state index is 13.0. The summed E-state index contributed by atoms with van der Waals surface area (Å²) >= 11 is 1.21. The van der Waals surface area contributed by atoms with Crippen molar-refractivity contribution in [2.24, 2.45) is 0 Å². The van der Waals surface area contributed by atoms with Crippen molar-refractivity contribution in [3.05, 3.63) is 40.4 Å². The number of nitrogens with zero attached hydrogens (tertiary/aromatic N) is 4. The number of carbonyl (C=O) groups is 2. The number of carbonyl (C=O) groups excluding carboxylic acids is 2. The summed E-state index contributed by atoms with van der Waals surface area (Å²) in [5, 5.41) is 7.31. The number of urea groups is 1. The van der Waals surface area contributed by atoms with E-state index in [1.807, 2.05) is 19.1 Å². The molecule has 3 aromatic rings. The molecular weight excluding hydrogens is 484 g/mol. The molecule has 2 aromatic heterocycles. The molecule has 4 rings (SSSR count). The molecule has 1 aromatic carbocycles. The van der Waals surface area contributed by atoms with Crippen molar-refractivity contribution in [1.29, 1.82) is 0 Å². The Bertz CT molecular complexity index is 1280. The first-order valence-corrected chi connectivity index (χ1v) is 12.1. The summed E-state index contributed by atoms with van der Waals surface area (Å²) in [5.74, 6) is 0.362. The number of anilines is 2. The van der Waals surface area contributed by atoms with E-state index in [4.69, 9.17) is 14.2 Å². The molecule has 1 saturated heterocycles. The summed E-state index contributed by atoms with van der Waals surface area (Å²) in [4.78, 5) is 39.2. The molecule has 0 spiro atoms. The summed E-state index contributed by atoms with van der Waals surface area (Å²) in [7, 11) is 2.79. The third kappa shape index (κ3) is 5.18. The van der Waals surface area contributed by atoms with Gasteiger partial charge in [-0.05, 0) is 29.5 Å². The maximum Gasteiger partial charge on any atom is 0.324 e. The summed E-state index contributed by atoms with van der Waals surface area (Å²) in [6, 6.07) is 5.75. The van der Waals surface area contributed by atoms with Gasteiger partial charge in [0.25, 0.3) is 11.1 Å². The van der Waals surface area contributed by atoms with Gasteiger partial charge in [0.15, 0.2) is 5.69 Å². The van der Waals surface area contributed by atoms with Gasteiger partial charge in [0, 0.05) is 18.5 Å². The first kappa shape index (κ1) is 25.2. The molecule has 0 atom stereocenters. The number of nitrogens with one attached hydrogen (secondary N) is 2. The predicted molar refractivity (Wildman–Crippen MR) is 136 cm³/mol. The normalized spacial score (nSPS) is 13.4. The Balaban J connectivity index is 1.55. The van der Waals surface area contributed by atoms with E-state index in [9.17, 15) is 9.59 Å². The molecule has 36 heavy (non-hydrogen) atoms. The van der Waals surface area contributed by atoms with Crippen LogP contribution < -0.4 is 29.7 Å². The Morgan fingerprint density at radius 2 is 1.83 bits per heavy atom. The van der Waals surface area contributed by atoms with Crippen LogP contribution in [0.2, 0.25) is 0 Å². The minimum Gasteiger partial charge on any atom is -0.479 e. The molecule has 1 aliphatic heterocycles. The number of methoxy groups -OCH3 is 2. The lowest BCUT2D eigenvalue weighted by molar-refractivity contribution is 0.102. The number of ether oxygens (including phenoxy) is 3. The molecule has 3 heterocycles. The van der Waals surface area contributed by atoms with Crippen molar-refractivity contribution in [2.45, 2.75) is 33.1 Å². The second kappa shape index (κ2) is 9.97. The molecule has 0 unspecified atom stereocenters. The quantitative estimate of drug-likeness (QED) is 0.484. The monoisotopic (exact) mass is 512 g/mol. The van der Waals surface area contributed by atoms with E-state index >= 15 is 0 Å². The van der Waals surface area contributed by atoms with E-state index in [0.717, 1.165) is 11.1 Å². The van der Waals surface area contributed by atoms with Crippen LogP contribution in [0.4, 0.5) is 16.4 Å². The summed E-state index contributed by atoms with van der Waals surface area (Å²) < 4.78 is 16.7. The zero-order valence-corrected chi connectivity index (χ0v) is 21.8. The predicted octanol–water partition coefficient (Wildman–Crippen LogP) is 4.13. The van der Waals surface area contributed by atoms with E-state index in [1.165, 1.54) is 30.5 Å². The molecule has 0 bridgehead atoms. The Hall–Kier alpha value is -3.93. The maximum atomic E-state index is 13.0. The average Bonchev–Trinajstić information content (AvgIpc) is 3.48. The van der Waals surface area contributed by atoms with Crippen molar-refractivity contribution < 1.29 is 23.8 Å².